The lowest BCUT2D eigenvalue weighted by atomic mass is 10.0. The van der Waals surface area contributed by atoms with Crippen molar-refractivity contribution < 1.29 is 23.9 Å². The van der Waals surface area contributed by atoms with E-state index < -0.39 is 11.8 Å². The molecule has 3 amide bonds. The van der Waals surface area contributed by atoms with Gasteiger partial charge in [0.25, 0.3) is 5.91 Å². The van der Waals surface area contributed by atoms with Gasteiger partial charge in [0.15, 0.2) is 6.61 Å². The van der Waals surface area contributed by atoms with E-state index in [1.54, 1.807) is 30.3 Å². The van der Waals surface area contributed by atoms with Gasteiger partial charge in [-0.25, -0.2) is 0 Å². The average Bonchev–Trinajstić information content (AvgIpc) is 2.76. The van der Waals surface area contributed by atoms with Crippen molar-refractivity contribution in [3.63, 3.8) is 0 Å². The number of ether oxygens (including phenoxy) is 2. The highest BCUT2D eigenvalue weighted by molar-refractivity contribution is 5.93. The number of carbonyl (C=O) groups excluding carboxylic acids is 3. The van der Waals surface area contributed by atoms with Crippen LogP contribution in [-0.2, 0) is 14.4 Å². The molecule has 2 aromatic carbocycles. The van der Waals surface area contributed by atoms with Gasteiger partial charge >= 0.3 is 0 Å². The number of anilines is 1. The molecular formula is C23H29N3O5. The van der Waals surface area contributed by atoms with E-state index in [-0.39, 0.29) is 31.3 Å². The summed E-state index contributed by atoms with van der Waals surface area (Å²) in [7, 11) is 0. The molecule has 0 atom stereocenters. The third kappa shape index (κ3) is 8.38. The van der Waals surface area contributed by atoms with Gasteiger partial charge in [-0.1, -0.05) is 32.0 Å². The first-order valence-corrected chi connectivity index (χ1v) is 10.2. The van der Waals surface area contributed by atoms with E-state index in [0.29, 0.717) is 23.8 Å². The van der Waals surface area contributed by atoms with E-state index in [1.807, 2.05) is 39.0 Å². The maximum atomic E-state index is 12.0. The van der Waals surface area contributed by atoms with Gasteiger partial charge in [-0.15, -0.1) is 0 Å². The summed E-state index contributed by atoms with van der Waals surface area (Å²) >= 11 is 0. The molecule has 0 aliphatic heterocycles. The third-order valence-electron chi connectivity index (χ3n) is 4.27. The van der Waals surface area contributed by atoms with Gasteiger partial charge in [0.05, 0.1) is 6.61 Å². The molecule has 3 N–H and O–H groups in total. The zero-order valence-corrected chi connectivity index (χ0v) is 18.1. The summed E-state index contributed by atoms with van der Waals surface area (Å²) in [5.41, 5.74) is 6.18. The van der Waals surface area contributed by atoms with Gasteiger partial charge in [-0.2, -0.15) is 0 Å². The second-order valence-corrected chi connectivity index (χ2v) is 7.08. The quantitative estimate of drug-likeness (QED) is 0.505. The van der Waals surface area contributed by atoms with Gasteiger partial charge < -0.3 is 14.8 Å². The van der Waals surface area contributed by atoms with E-state index in [1.165, 1.54) is 0 Å². The Kier molecular flexibility index (Phi) is 9.35. The fourth-order valence-electron chi connectivity index (χ4n) is 2.72. The van der Waals surface area contributed by atoms with Crippen molar-refractivity contribution in [1.29, 1.82) is 0 Å². The molecule has 8 nitrogen and oxygen atoms in total. The normalized spacial score (nSPS) is 10.3. The van der Waals surface area contributed by atoms with Crippen LogP contribution in [-0.4, -0.2) is 30.9 Å². The summed E-state index contributed by atoms with van der Waals surface area (Å²) in [6.45, 7) is 6.29. The molecular weight excluding hydrogens is 398 g/mol. The van der Waals surface area contributed by atoms with E-state index in [9.17, 15) is 14.4 Å². The Bertz CT molecular complexity index is 881. The van der Waals surface area contributed by atoms with Crippen LogP contribution in [0.25, 0.3) is 0 Å². The largest absolute Gasteiger partial charge is 0.494 e. The highest BCUT2D eigenvalue weighted by atomic mass is 16.5. The Morgan fingerprint density at radius 1 is 0.839 bits per heavy atom. The van der Waals surface area contributed by atoms with E-state index in [2.05, 4.69) is 16.2 Å². The van der Waals surface area contributed by atoms with Crippen molar-refractivity contribution in [2.45, 2.75) is 39.5 Å². The number of nitrogens with one attached hydrogen (secondary N) is 3. The molecule has 0 heterocycles. The van der Waals surface area contributed by atoms with Gasteiger partial charge in [-0.3, -0.25) is 25.2 Å². The molecule has 2 aromatic rings. The molecule has 166 valence electrons. The summed E-state index contributed by atoms with van der Waals surface area (Å²) in [5.74, 6) is 0.327. The number of hydrogen-bond donors (Lipinski definition) is 3. The zero-order valence-electron chi connectivity index (χ0n) is 18.1. The van der Waals surface area contributed by atoms with Gasteiger partial charge in [-0.05, 0) is 48.7 Å². The lowest BCUT2D eigenvalue weighted by Crippen LogP contribution is -2.44. The highest BCUT2D eigenvalue weighted by Crippen LogP contribution is 2.25. The highest BCUT2D eigenvalue weighted by Gasteiger charge is 2.11. The molecule has 2 rings (SSSR count). The molecule has 0 spiro atoms. The molecule has 0 saturated heterocycles. The smallest absolute Gasteiger partial charge is 0.276 e. The Hall–Kier alpha value is -3.55. The average molecular weight is 428 g/mol. The third-order valence-corrected chi connectivity index (χ3v) is 4.27. The number of amides is 3. The standard InChI is InChI=1S/C23H29N3O5/c1-4-30-18-11-9-17(10-12-18)24-21(27)13-14-22(28)25-26-23(29)15-31-20-8-6-5-7-19(20)16(2)3/h5-12,16H,4,13-15H2,1-3H3,(H,24,27)(H,25,28)(H,26,29). The second kappa shape index (κ2) is 12.2. The van der Waals surface area contributed by atoms with Crippen LogP contribution >= 0.6 is 0 Å². The zero-order chi connectivity index (χ0) is 22.6. The SMILES string of the molecule is CCOc1ccc(NC(=O)CCC(=O)NNC(=O)COc2ccccc2C(C)C)cc1. The Labute approximate surface area is 182 Å². The van der Waals surface area contributed by atoms with Crippen LogP contribution in [0.15, 0.2) is 48.5 Å². The van der Waals surface area contributed by atoms with Crippen LogP contribution in [0, 0.1) is 0 Å². The molecule has 31 heavy (non-hydrogen) atoms. The molecule has 0 fully saturated rings. The van der Waals surface area contributed by atoms with Crippen molar-refractivity contribution in [2.75, 3.05) is 18.5 Å². The van der Waals surface area contributed by atoms with Crippen LogP contribution < -0.4 is 25.6 Å². The molecule has 0 aliphatic carbocycles. The molecule has 0 saturated carbocycles. The fourth-order valence-corrected chi connectivity index (χ4v) is 2.72. The van der Waals surface area contributed by atoms with Crippen LogP contribution in [0.3, 0.4) is 0 Å². The summed E-state index contributed by atoms with van der Waals surface area (Å²) in [6.07, 6.45) is -0.0899. The lowest BCUT2D eigenvalue weighted by Gasteiger charge is -2.14. The first-order chi connectivity index (χ1) is 14.9. The van der Waals surface area contributed by atoms with Crippen LogP contribution in [0.4, 0.5) is 5.69 Å². The van der Waals surface area contributed by atoms with Crippen molar-refractivity contribution >= 4 is 23.4 Å². The minimum absolute atomic E-state index is 0.0207. The monoisotopic (exact) mass is 427 g/mol. The van der Waals surface area contributed by atoms with E-state index in [0.717, 1.165) is 5.56 Å². The number of carbonyl (C=O) groups is 3. The van der Waals surface area contributed by atoms with E-state index >= 15 is 0 Å². The second-order valence-electron chi connectivity index (χ2n) is 7.08. The molecule has 0 aromatic heterocycles. The van der Waals surface area contributed by atoms with Crippen LogP contribution in [0.2, 0.25) is 0 Å². The Balaban J connectivity index is 1.67. The van der Waals surface area contributed by atoms with Crippen LogP contribution in [0.5, 0.6) is 11.5 Å². The molecule has 0 aliphatic rings. The summed E-state index contributed by atoms with van der Waals surface area (Å²) in [4.78, 5) is 35.8. The summed E-state index contributed by atoms with van der Waals surface area (Å²) in [5, 5.41) is 2.70. The van der Waals surface area contributed by atoms with Crippen molar-refractivity contribution in [3.05, 3.63) is 54.1 Å². The van der Waals surface area contributed by atoms with Crippen LogP contribution in [0.1, 0.15) is 45.1 Å². The first-order valence-electron chi connectivity index (χ1n) is 10.2. The predicted octanol–water partition coefficient (Wildman–Crippen LogP) is 3.15. The topological polar surface area (TPSA) is 106 Å². The number of hydrogen-bond acceptors (Lipinski definition) is 5. The first kappa shape index (κ1) is 23.7. The van der Waals surface area contributed by atoms with E-state index in [4.69, 9.17) is 9.47 Å². The van der Waals surface area contributed by atoms with Crippen molar-refractivity contribution in [2.24, 2.45) is 0 Å². The van der Waals surface area contributed by atoms with Crippen molar-refractivity contribution in [1.82, 2.24) is 10.9 Å². The van der Waals surface area contributed by atoms with Crippen molar-refractivity contribution in [3.8, 4) is 11.5 Å². The molecule has 8 heteroatoms. The number of hydrazine groups is 1. The summed E-state index contributed by atoms with van der Waals surface area (Å²) < 4.78 is 10.9. The number of para-hydroxylation sites is 1. The Morgan fingerprint density at radius 3 is 2.16 bits per heavy atom. The number of rotatable bonds is 10. The molecule has 0 unspecified atom stereocenters. The number of benzene rings is 2. The van der Waals surface area contributed by atoms with Gasteiger partial charge in [0.2, 0.25) is 11.8 Å². The fraction of sp³-hybridized carbons (Fsp3) is 0.348. The maximum absolute atomic E-state index is 12.0. The lowest BCUT2D eigenvalue weighted by molar-refractivity contribution is -0.130. The van der Waals surface area contributed by atoms with Gasteiger partial charge in [0.1, 0.15) is 11.5 Å². The predicted molar refractivity (Wildman–Crippen MR) is 118 cm³/mol. The minimum Gasteiger partial charge on any atom is -0.494 e. The minimum atomic E-state index is -0.495. The van der Waals surface area contributed by atoms with Gasteiger partial charge in [0, 0.05) is 18.5 Å². The summed E-state index contributed by atoms with van der Waals surface area (Å²) in [6, 6.07) is 14.4. The molecule has 0 radical (unpaired) electrons. The maximum Gasteiger partial charge on any atom is 0.276 e. The molecule has 0 bridgehead atoms. The Morgan fingerprint density at radius 2 is 1.48 bits per heavy atom.